The minimum absolute atomic E-state index is 0.0682. The fraction of sp³-hybridized carbons (Fsp3) is 0.188. The van der Waals surface area contributed by atoms with E-state index < -0.39 is 11.6 Å². The summed E-state index contributed by atoms with van der Waals surface area (Å²) in [6.45, 7) is 0.384. The molecule has 0 aliphatic carbocycles. The van der Waals surface area contributed by atoms with E-state index >= 15 is 0 Å². The van der Waals surface area contributed by atoms with Gasteiger partial charge in [-0.1, -0.05) is 12.1 Å². The van der Waals surface area contributed by atoms with Crippen molar-refractivity contribution in [3.8, 4) is 5.75 Å². The summed E-state index contributed by atoms with van der Waals surface area (Å²) in [4.78, 5) is 12.0. The monoisotopic (exact) mass is 323 g/mol. The van der Waals surface area contributed by atoms with E-state index in [-0.39, 0.29) is 16.6 Å². The predicted molar refractivity (Wildman–Crippen MR) is 81.9 cm³/mol. The van der Waals surface area contributed by atoms with Crippen molar-refractivity contribution in [1.29, 1.82) is 0 Å². The zero-order valence-electron chi connectivity index (χ0n) is 11.9. The van der Waals surface area contributed by atoms with Crippen LogP contribution in [0, 0.1) is 11.6 Å². The van der Waals surface area contributed by atoms with Crippen LogP contribution in [0.4, 0.5) is 8.78 Å². The van der Waals surface area contributed by atoms with Gasteiger partial charge in [-0.05, 0) is 29.8 Å². The highest BCUT2D eigenvalue weighted by Crippen LogP contribution is 2.22. The Kier molecular flexibility index (Phi) is 5.77. The highest BCUT2D eigenvalue weighted by molar-refractivity contribution is 8.00. The molecule has 0 heterocycles. The van der Waals surface area contributed by atoms with E-state index in [1.54, 1.807) is 7.11 Å². The lowest BCUT2D eigenvalue weighted by Crippen LogP contribution is -2.24. The number of ether oxygens (including phenoxy) is 1. The Morgan fingerprint density at radius 2 is 1.91 bits per heavy atom. The van der Waals surface area contributed by atoms with Gasteiger partial charge in [0.05, 0.1) is 12.9 Å². The van der Waals surface area contributed by atoms with Crippen molar-refractivity contribution < 1.29 is 18.3 Å². The van der Waals surface area contributed by atoms with E-state index in [1.165, 1.54) is 12.1 Å². The summed E-state index contributed by atoms with van der Waals surface area (Å²) >= 11 is 1.03. The van der Waals surface area contributed by atoms with Gasteiger partial charge in [-0.3, -0.25) is 4.79 Å². The third-order valence-electron chi connectivity index (χ3n) is 2.90. The van der Waals surface area contributed by atoms with E-state index in [9.17, 15) is 13.6 Å². The molecule has 22 heavy (non-hydrogen) atoms. The summed E-state index contributed by atoms with van der Waals surface area (Å²) in [6.07, 6.45) is 0. The number of amides is 1. The number of thioether (sulfide) groups is 1. The van der Waals surface area contributed by atoms with Gasteiger partial charge in [0.25, 0.3) is 0 Å². The van der Waals surface area contributed by atoms with E-state index in [1.807, 2.05) is 24.3 Å². The molecule has 2 aromatic carbocycles. The molecule has 0 atom stereocenters. The summed E-state index contributed by atoms with van der Waals surface area (Å²) in [5.41, 5.74) is 0.937. The molecule has 0 aromatic heterocycles. The van der Waals surface area contributed by atoms with Crippen LogP contribution in [0.25, 0.3) is 0 Å². The van der Waals surface area contributed by atoms with Crippen LogP contribution in [-0.4, -0.2) is 18.8 Å². The SMILES string of the molecule is COc1ccc(CNC(=O)CSc2ccc(F)cc2F)cc1. The van der Waals surface area contributed by atoms with Crippen LogP contribution >= 0.6 is 11.8 Å². The van der Waals surface area contributed by atoms with Gasteiger partial charge in [0, 0.05) is 17.5 Å². The minimum atomic E-state index is -0.659. The minimum Gasteiger partial charge on any atom is -0.497 e. The van der Waals surface area contributed by atoms with Gasteiger partial charge in [-0.15, -0.1) is 11.8 Å². The highest BCUT2D eigenvalue weighted by Gasteiger charge is 2.08. The van der Waals surface area contributed by atoms with Gasteiger partial charge in [0.1, 0.15) is 17.4 Å². The first kappa shape index (κ1) is 16.3. The Bertz CT molecular complexity index is 647. The molecule has 0 fully saturated rings. The van der Waals surface area contributed by atoms with Crippen molar-refractivity contribution in [1.82, 2.24) is 5.32 Å². The normalized spacial score (nSPS) is 10.3. The zero-order valence-corrected chi connectivity index (χ0v) is 12.8. The Morgan fingerprint density at radius 3 is 2.55 bits per heavy atom. The van der Waals surface area contributed by atoms with Crippen molar-refractivity contribution in [2.45, 2.75) is 11.4 Å². The molecule has 0 radical (unpaired) electrons. The van der Waals surface area contributed by atoms with E-state index in [4.69, 9.17) is 4.74 Å². The first-order chi connectivity index (χ1) is 10.6. The smallest absolute Gasteiger partial charge is 0.230 e. The van der Waals surface area contributed by atoms with Crippen molar-refractivity contribution in [2.24, 2.45) is 0 Å². The first-order valence-electron chi connectivity index (χ1n) is 6.56. The highest BCUT2D eigenvalue weighted by atomic mass is 32.2. The molecular weight excluding hydrogens is 308 g/mol. The molecule has 1 N–H and O–H groups in total. The standard InChI is InChI=1S/C16H15F2NO2S/c1-21-13-5-2-11(3-6-13)9-19-16(20)10-22-15-7-4-12(17)8-14(15)18/h2-8H,9-10H2,1H3,(H,19,20). The molecule has 2 rings (SSSR count). The first-order valence-corrected chi connectivity index (χ1v) is 7.54. The van der Waals surface area contributed by atoms with Crippen molar-refractivity contribution >= 4 is 17.7 Å². The Hall–Kier alpha value is -2.08. The molecule has 1 amide bonds. The second-order valence-electron chi connectivity index (χ2n) is 4.49. The molecule has 0 aliphatic rings. The van der Waals surface area contributed by atoms with Crippen molar-refractivity contribution in [2.75, 3.05) is 12.9 Å². The molecule has 0 aliphatic heterocycles. The molecule has 6 heteroatoms. The lowest BCUT2D eigenvalue weighted by molar-refractivity contribution is -0.118. The summed E-state index contributed by atoms with van der Waals surface area (Å²) < 4.78 is 31.2. The molecule has 0 bridgehead atoms. The Morgan fingerprint density at radius 1 is 1.18 bits per heavy atom. The van der Waals surface area contributed by atoms with Crippen molar-refractivity contribution in [3.05, 3.63) is 59.7 Å². The average molecular weight is 323 g/mol. The van der Waals surface area contributed by atoms with Crippen LogP contribution < -0.4 is 10.1 Å². The van der Waals surface area contributed by atoms with Crippen LogP contribution in [0.1, 0.15) is 5.56 Å². The second kappa shape index (κ2) is 7.79. The predicted octanol–water partition coefficient (Wildman–Crippen LogP) is 3.38. The van der Waals surface area contributed by atoms with Crippen LogP contribution in [0.3, 0.4) is 0 Å². The maximum Gasteiger partial charge on any atom is 0.230 e. The molecule has 2 aromatic rings. The maximum atomic E-state index is 13.4. The summed E-state index contributed by atoms with van der Waals surface area (Å²) in [7, 11) is 1.59. The molecule has 116 valence electrons. The quantitative estimate of drug-likeness (QED) is 0.828. The molecule has 0 saturated heterocycles. The largest absolute Gasteiger partial charge is 0.497 e. The van der Waals surface area contributed by atoms with Crippen molar-refractivity contribution in [3.63, 3.8) is 0 Å². The van der Waals surface area contributed by atoms with E-state index in [0.29, 0.717) is 6.54 Å². The summed E-state index contributed by atoms with van der Waals surface area (Å²) in [6, 6.07) is 10.6. The molecular formula is C16H15F2NO2S. The van der Waals surface area contributed by atoms with Crippen LogP contribution in [0.15, 0.2) is 47.4 Å². The molecule has 0 saturated carbocycles. The average Bonchev–Trinajstić information content (AvgIpc) is 2.52. The third kappa shape index (κ3) is 4.73. The Labute approximate surface area is 131 Å². The topological polar surface area (TPSA) is 38.3 Å². The zero-order chi connectivity index (χ0) is 15.9. The Balaban J connectivity index is 1.80. The van der Waals surface area contributed by atoms with Gasteiger partial charge in [0.2, 0.25) is 5.91 Å². The molecule has 0 unspecified atom stereocenters. The van der Waals surface area contributed by atoms with Crippen LogP contribution in [0.2, 0.25) is 0 Å². The number of carbonyl (C=O) groups is 1. The van der Waals surface area contributed by atoms with Crippen LogP contribution in [-0.2, 0) is 11.3 Å². The van der Waals surface area contributed by atoms with Gasteiger partial charge < -0.3 is 10.1 Å². The number of hydrogen-bond donors (Lipinski definition) is 1. The number of hydrogen-bond acceptors (Lipinski definition) is 3. The third-order valence-corrected chi connectivity index (χ3v) is 3.95. The maximum absolute atomic E-state index is 13.4. The fourth-order valence-electron chi connectivity index (χ4n) is 1.73. The number of rotatable bonds is 6. The van der Waals surface area contributed by atoms with Gasteiger partial charge in [-0.25, -0.2) is 8.78 Å². The van der Waals surface area contributed by atoms with E-state index in [0.717, 1.165) is 29.1 Å². The van der Waals surface area contributed by atoms with E-state index in [2.05, 4.69) is 5.32 Å². The number of halogens is 2. The van der Waals surface area contributed by atoms with Crippen LogP contribution in [0.5, 0.6) is 5.75 Å². The molecule has 3 nitrogen and oxygen atoms in total. The number of methoxy groups -OCH3 is 1. The van der Waals surface area contributed by atoms with Gasteiger partial charge >= 0.3 is 0 Å². The number of benzene rings is 2. The molecule has 0 spiro atoms. The number of carbonyl (C=O) groups excluding carboxylic acids is 1. The second-order valence-corrected chi connectivity index (χ2v) is 5.51. The lowest BCUT2D eigenvalue weighted by Gasteiger charge is -2.07. The fourth-order valence-corrected chi connectivity index (χ4v) is 2.48. The number of nitrogens with one attached hydrogen (secondary N) is 1. The lowest BCUT2D eigenvalue weighted by atomic mass is 10.2. The van der Waals surface area contributed by atoms with Gasteiger partial charge in [-0.2, -0.15) is 0 Å². The van der Waals surface area contributed by atoms with Gasteiger partial charge in [0.15, 0.2) is 0 Å². The summed E-state index contributed by atoms with van der Waals surface area (Å²) in [5, 5.41) is 2.74. The summed E-state index contributed by atoms with van der Waals surface area (Å²) in [5.74, 6) is -0.695.